The van der Waals surface area contributed by atoms with Crippen LogP contribution in [-0.4, -0.2) is 37.2 Å². The molecule has 0 fully saturated rings. The van der Waals surface area contributed by atoms with Crippen LogP contribution in [-0.2, 0) is 28.6 Å². The largest absolute Gasteiger partial charge is 0.462 e. The van der Waals surface area contributed by atoms with Gasteiger partial charge >= 0.3 is 17.9 Å². The summed E-state index contributed by atoms with van der Waals surface area (Å²) in [6, 6.07) is 0. The number of ether oxygens (including phenoxy) is 3. The summed E-state index contributed by atoms with van der Waals surface area (Å²) in [5, 5.41) is 0. The van der Waals surface area contributed by atoms with Crippen molar-refractivity contribution < 1.29 is 28.6 Å². The van der Waals surface area contributed by atoms with Crippen LogP contribution >= 0.6 is 0 Å². The highest BCUT2D eigenvalue weighted by Crippen LogP contribution is 2.15. The van der Waals surface area contributed by atoms with Crippen LogP contribution in [0.3, 0.4) is 0 Å². The van der Waals surface area contributed by atoms with E-state index in [-0.39, 0.29) is 37.5 Å². The average molecular weight is 1010 g/mol. The van der Waals surface area contributed by atoms with Gasteiger partial charge in [0.15, 0.2) is 6.10 Å². The average Bonchev–Trinajstić information content (AvgIpc) is 3.39. The molecular weight excluding hydrogens is 901 g/mol. The van der Waals surface area contributed by atoms with E-state index in [0.29, 0.717) is 19.3 Å². The Morgan fingerprint density at radius 3 is 0.945 bits per heavy atom. The SMILES string of the molecule is CC/C=C\C/C=C\C/C=C\C/C=C\CCC(=O)OCC(COC(=O)CCCCCCCCCCCCC/C=C\C/C=C\CCCCCCC)OC(=O)CCCCCCCC/C=C\C/C=C\C/C=C\CCCCC. The number of allylic oxidation sites excluding steroid dienone is 18. The summed E-state index contributed by atoms with van der Waals surface area (Å²) in [5.41, 5.74) is 0. The van der Waals surface area contributed by atoms with Gasteiger partial charge in [-0.1, -0.05) is 252 Å². The molecule has 73 heavy (non-hydrogen) atoms. The third-order valence-electron chi connectivity index (χ3n) is 12.7. The molecule has 0 saturated carbocycles. The summed E-state index contributed by atoms with van der Waals surface area (Å²) in [6.07, 6.45) is 82.4. The van der Waals surface area contributed by atoms with Crippen molar-refractivity contribution in [3.63, 3.8) is 0 Å². The highest BCUT2D eigenvalue weighted by atomic mass is 16.6. The van der Waals surface area contributed by atoms with E-state index in [0.717, 1.165) is 96.3 Å². The van der Waals surface area contributed by atoms with E-state index in [4.69, 9.17) is 14.2 Å². The highest BCUT2D eigenvalue weighted by Gasteiger charge is 2.19. The van der Waals surface area contributed by atoms with Crippen molar-refractivity contribution in [2.75, 3.05) is 13.2 Å². The van der Waals surface area contributed by atoms with Crippen molar-refractivity contribution in [3.05, 3.63) is 109 Å². The van der Waals surface area contributed by atoms with Gasteiger partial charge in [-0.2, -0.15) is 0 Å². The molecule has 0 aliphatic carbocycles. The summed E-state index contributed by atoms with van der Waals surface area (Å²) < 4.78 is 16.8. The minimum Gasteiger partial charge on any atom is -0.462 e. The Bertz CT molecular complexity index is 1490. The fraction of sp³-hybridized carbons (Fsp3) is 0.687. The fourth-order valence-electron chi connectivity index (χ4n) is 8.20. The summed E-state index contributed by atoms with van der Waals surface area (Å²) in [6.45, 7) is 6.42. The lowest BCUT2D eigenvalue weighted by molar-refractivity contribution is -0.166. The van der Waals surface area contributed by atoms with E-state index >= 15 is 0 Å². The topological polar surface area (TPSA) is 78.9 Å². The molecule has 0 heterocycles. The monoisotopic (exact) mass is 1010 g/mol. The smallest absolute Gasteiger partial charge is 0.306 e. The van der Waals surface area contributed by atoms with Crippen molar-refractivity contribution in [1.82, 2.24) is 0 Å². The first-order chi connectivity index (χ1) is 36.0. The van der Waals surface area contributed by atoms with Gasteiger partial charge in [-0.15, -0.1) is 0 Å². The van der Waals surface area contributed by atoms with Crippen LogP contribution in [0.1, 0.15) is 278 Å². The predicted molar refractivity (Wildman–Crippen MR) is 316 cm³/mol. The summed E-state index contributed by atoms with van der Waals surface area (Å²) in [7, 11) is 0. The first-order valence-corrected chi connectivity index (χ1v) is 30.4. The van der Waals surface area contributed by atoms with E-state index in [1.807, 2.05) is 6.08 Å². The minimum atomic E-state index is -0.817. The molecule has 0 spiro atoms. The predicted octanol–water partition coefficient (Wildman–Crippen LogP) is 20.7. The zero-order valence-corrected chi connectivity index (χ0v) is 47.6. The number of hydrogen-bond donors (Lipinski definition) is 0. The van der Waals surface area contributed by atoms with Crippen LogP contribution < -0.4 is 0 Å². The van der Waals surface area contributed by atoms with Crippen LogP contribution in [0.25, 0.3) is 0 Å². The molecule has 0 aliphatic rings. The van der Waals surface area contributed by atoms with Crippen molar-refractivity contribution >= 4 is 17.9 Å². The molecule has 0 saturated heterocycles. The van der Waals surface area contributed by atoms with Gasteiger partial charge < -0.3 is 14.2 Å². The van der Waals surface area contributed by atoms with Crippen LogP contribution in [0.15, 0.2) is 109 Å². The lowest BCUT2D eigenvalue weighted by atomic mass is 10.0. The number of carbonyl (C=O) groups is 3. The van der Waals surface area contributed by atoms with Gasteiger partial charge in [0, 0.05) is 19.3 Å². The molecule has 6 heteroatoms. The Morgan fingerprint density at radius 2 is 0.562 bits per heavy atom. The van der Waals surface area contributed by atoms with Crippen LogP contribution in [0.2, 0.25) is 0 Å². The molecular formula is C67H112O6. The Hall–Kier alpha value is -3.93. The standard InChI is InChI=1S/C67H112O6/c1-4-7-10-13-16-19-22-25-27-29-31-32-33-34-36-37-39-42-45-48-51-54-57-60-66(69)72-63-64(62-71-65(68)59-56-53-50-47-44-41-24-21-18-15-12-9-6-3)73-67(70)61-58-55-52-49-46-43-40-38-35-30-28-26-23-20-17-14-11-8-5-2/h9,12,17-18,20-22,25-26,28-29,31,35,38,41,44,50,53,64H,4-8,10-11,13-16,19,23-24,27,30,32-34,36-37,39-40,42-43,45-49,51-52,54-63H2,1-3H3/b12-9-,20-17-,21-18-,25-22-,28-26-,31-29-,38-35-,44-41-,53-50-. The molecule has 0 radical (unpaired) electrons. The second-order valence-corrected chi connectivity index (χ2v) is 19.9. The van der Waals surface area contributed by atoms with Gasteiger partial charge in [-0.05, 0) is 116 Å². The van der Waals surface area contributed by atoms with E-state index in [9.17, 15) is 14.4 Å². The summed E-state index contributed by atoms with van der Waals surface area (Å²) in [4.78, 5) is 38.2. The quantitative estimate of drug-likeness (QED) is 0.0261. The molecule has 0 aliphatic heterocycles. The summed E-state index contributed by atoms with van der Waals surface area (Å²) >= 11 is 0. The Labute approximate surface area is 450 Å². The number of rotatable bonds is 54. The number of esters is 3. The zero-order chi connectivity index (χ0) is 52.9. The van der Waals surface area contributed by atoms with E-state index < -0.39 is 6.10 Å². The Kier molecular flexibility index (Phi) is 57.4. The molecule has 416 valence electrons. The van der Waals surface area contributed by atoms with Gasteiger partial charge in [0.2, 0.25) is 0 Å². The molecule has 1 unspecified atom stereocenters. The number of carbonyl (C=O) groups excluding carboxylic acids is 3. The lowest BCUT2D eigenvalue weighted by Crippen LogP contribution is -2.30. The first-order valence-electron chi connectivity index (χ1n) is 30.4. The molecule has 0 amide bonds. The minimum absolute atomic E-state index is 0.107. The molecule has 0 bridgehead atoms. The van der Waals surface area contributed by atoms with Crippen LogP contribution in [0.4, 0.5) is 0 Å². The van der Waals surface area contributed by atoms with E-state index in [1.54, 1.807) is 0 Å². The highest BCUT2D eigenvalue weighted by molar-refractivity contribution is 5.71. The van der Waals surface area contributed by atoms with Crippen molar-refractivity contribution in [3.8, 4) is 0 Å². The third kappa shape index (κ3) is 58.8. The van der Waals surface area contributed by atoms with E-state index in [2.05, 4.69) is 124 Å². The molecule has 6 nitrogen and oxygen atoms in total. The Morgan fingerprint density at radius 1 is 0.288 bits per heavy atom. The second-order valence-electron chi connectivity index (χ2n) is 19.9. The van der Waals surface area contributed by atoms with Gasteiger partial charge in [-0.25, -0.2) is 0 Å². The molecule has 0 aromatic rings. The van der Waals surface area contributed by atoms with Crippen molar-refractivity contribution in [1.29, 1.82) is 0 Å². The van der Waals surface area contributed by atoms with Crippen LogP contribution in [0, 0.1) is 0 Å². The molecule has 0 N–H and O–H groups in total. The maximum atomic E-state index is 12.9. The van der Waals surface area contributed by atoms with Gasteiger partial charge in [0.25, 0.3) is 0 Å². The summed E-state index contributed by atoms with van der Waals surface area (Å²) in [5.74, 6) is -1.00. The van der Waals surface area contributed by atoms with Gasteiger partial charge in [0.05, 0.1) is 0 Å². The third-order valence-corrected chi connectivity index (χ3v) is 12.7. The molecule has 1 atom stereocenters. The van der Waals surface area contributed by atoms with E-state index in [1.165, 1.54) is 135 Å². The second kappa shape index (κ2) is 60.6. The van der Waals surface area contributed by atoms with Gasteiger partial charge in [-0.3, -0.25) is 14.4 Å². The normalized spacial score (nSPS) is 12.9. The van der Waals surface area contributed by atoms with Crippen molar-refractivity contribution in [2.45, 2.75) is 284 Å². The van der Waals surface area contributed by atoms with Crippen molar-refractivity contribution in [2.24, 2.45) is 0 Å². The maximum absolute atomic E-state index is 12.9. The number of hydrogen-bond acceptors (Lipinski definition) is 6. The first kappa shape index (κ1) is 69.1. The Balaban J connectivity index is 4.41. The zero-order valence-electron chi connectivity index (χ0n) is 47.6. The molecule has 0 aromatic heterocycles. The lowest BCUT2D eigenvalue weighted by Gasteiger charge is -2.18. The van der Waals surface area contributed by atoms with Gasteiger partial charge in [0.1, 0.15) is 13.2 Å². The molecule has 0 rings (SSSR count). The number of unbranched alkanes of at least 4 members (excludes halogenated alkanes) is 25. The maximum Gasteiger partial charge on any atom is 0.306 e. The van der Waals surface area contributed by atoms with Crippen LogP contribution in [0.5, 0.6) is 0 Å². The molecule has 0 aromatic carbocycles. The fourth-order valence-corrected chi connectivity index (χ4v) is 8.20.